The van der Waals surface area contributed by atoms with Crippen LogP contribution in [0.2, 0.25) is 0 Å². The average molecular weight is 369 g/mol. The second-order valence-corrected chi connectivity index (χ2v) is 7.27. The summed E-state index contributed by atoms with van der Waals surface area (Å²) in [5.41, 5.74) is 0.444. The first kappa shape index (κ1) is 19.3. The molecule has 0 radical (unpaired) electrons. The van der Waals surface area contributed by atoms with Gasteiger partial charge in [-0.15, -0.1) is 0 Å². The van der Waals surface area contributed by atoms with E-state index in [1.807, 2.05) is 44.4 Å². The van der Waals surface area contributed by atoms with Gasteiger partial charge < -0.3 is 14.6 Å². The molecule has 0 spiro atoms. The summed E-state index contributed by atoms with van der Waals surface area (Å²) in [5, 5.41) is 11.0. The highest BCUT2D eigenvalue weighted by atomic mass is 16.3. The van der Waals surface area contributed by atoms with E-state index in [0.717, 1.165) is 5.56 Å². The number of β-amino-alcohol motifs (C(OH)–C–C–N with tert-alkyl or cyclic N) is 1. The molecule has 1 N–H and O–H groups in total. The fourth-order valence-electron chi connectivity index (χ4n) is 4.01. The number of carbonyl (C=O) groups excluding carboxylic acids is 1. The minimum absolute atomic E-state index is 0.0368. The van der Waals surface area contributed by atoms with Crippen molar-refractivity contribution in [1.82, 2.24) is 14.4 Å². The topological polar surface area (TPSA) is 65.8 Å². The molecule has 6 nitrogen and oxygen atoms in total. The normalized spacial score (nSPS) is 22.8. The van der Waals surface area contributed by atoms with E-state index in [1.165, 1.54) is 10.6 Å². The molecule has 1 aliphatic heterocycles. The van der Waals surface area contributed by atoms with E-state index in [9.17, 15) is 14.7 Å². The summed E-state index contributed by atoms with van der Waals surface area (Å²) in [7, 11) is 3.94. The van der Waals surface area contributed by atoms with Crippen molar-refractivity contribution in [1.29, 1.82) is 0 Å². The Kier molecular flexibility index (Phi) is 5.77. The van der Waals surface area contributed by atoms with Crippen molar-refractivity contribution in [2.75, 3.05) is 27.2 Å². The van der Waals surface area contributed by atoms with Crippen LogP contribution >= 0.6 is 0 Å². The number of likely N-dealkylation sites (tertiary alicyclic amines) is 1. The van der Waals surface area contributed by atoms with Gasteiger partial charge in [0.05, 0.1) is 11.6 Å². The molecule has 2 heterocycles. The summed E-state index contributed by atoms with van der Waals surface area (Å²) in [6.45, 7) is 1.21. The molecule has 1 aromatic heterocycles. The quantitative estimate of drug-likeness (QED) is 0.863. The molecule has 3 rings (SSSR count). The zero-order valence-corrected chi connectivity index (χ0v) is 15.9. The third kappa shape index (κ3) is 3.82. The van der Waals surface area contributed by atoms with E-state index < -0.39 is 11.6 Å². The lowest BCUT2D eigenvalue weighted by molar-refractivity contribution is -0.141. The molecule has 2 aromatic rings. The number of aliphatic hydroxyl groups is 1. The second-order valence-electron chi connectivity index (χ2n) is 7.27. The molecule has 27 heavy (non-hydrogen) atoms. The van der Waals surface area contributed by atoms with E-state index >= 15 is 0 Å². The van der Waals surface area contributed by atoms with Crippen LogP contribution in [0.25, 0.3) is 0 Å². The van der Waals surface area contributed by atoms with Crippen LogP contribution in [-0.2, 0) is 16.9 Å². The number of aryl methyl sites for hydroxylation is 1. The van der Waals surface area contributed by atoms with Gasteiger partial charge >= 0.3 is 0 Å². The minimum Gasteiger partial charge on any atom is -0.389 e. The number of hydrogen-bond acceptors (Lipinski definition) is 4. The molecule has 0 aliphatic carbocycles. The molecular weight excluding hydrogens is 342 g/mol. The maximum Gasteiger partial charge on any atom is 0.250 e. The fourth-order valence-corrected chi connectivity index (χ4v) is 4.01. The number of amides is 1. The first-order valence-corrected chi connectivity index (χ1v) is 9.29. The third-order valence-electron chi connectivity index (χ3n) is 5.60. The first-order chi connectivity index (χ1) is 12.9. The molecule has 1 saturated heterocycles. The van der Waals surface area contributed by atoms with Gasteiger partial charge in [0.25, 0.3) is 5.56 Å². The van der Waals surface area contributed by atoms with Crippen LogP contribution in [0.4, 0.5) is 0 Å². The fraction of sp³-hybridized carbons (Fsp3) is 0.429. The number of piperidine rings is 1. The summed E-state index contributed by atoms with van der Waals surface area (Å²) in [4.78, 5) is 28.2. The Labute approximate surface area is 159 Å². The van der Waals surface area contributed by atoms with Crippen molar-refractivity contribution in [2.24, 2.45) is 0 Å². The second kappa shape index (κ2) is 8.06. The van der Waals surface area contributed by atoms with Gasteiger partial charge in [-0.25, -0.2) is 0 Å². The van der Waals surface area contributed by atoms with Gasteiger partial charge in [0, 0.05) is 38.3 Å². The van der Waals surface area contributed by atoms with Crippen LogP contribution in [0.1, 0.15) is 18.4 Å². The number of nitrogens with zero attached hydrogens (tertiary/aromatic N) is 3. The number of hydrogen-bond donors (Lipinski definition) is 1. The van der Waals surface area contributed by atoms with Crippen LogP contribution in [-0.4, -0.2) is 58.7 Å². The SMILES string of the molecule is CN(C)[C@]1(c2ccccc2)CCN(C(=O)CCn2ccccc2=O)C[C@H]1O. The zero-order valence-electron chi connectivity index (χ0n) is 15.9. The van der Waals surface area contributed by atoms with Crippen molar-refractivity contribution in [3.8, 4) is 0 Å². The van der Waals surface area contributed by atoms with Crippen LogP contribution in [0.3, 0.4) is 0 Å². The highest BCUT2D eigenvalue weighted by molar-refractivity contribution is 5.76. The smallest absolute Gasteiger partial charge is 0.250 e. The summed E-state index contributed by atoms with van der Waals surface area (Å²) in [6.07, 6.45) is 1.90. The average Bonchev–Trinajstić information content (AvgIpc) is 2.67. The molecule has 0 unspecified atom stereocenters. The molecule has 1 aromatic carbocycles. The van der Waals surface area contributed by atoms with E-state index in [2.05, 4.69) is 4.90 Å². The molecule has 0 saturated carbocycles. The summed E-state index contributed by atoms with van der Waals surface area (Å²) < 4.78 is 1.53. The maximum atomic E-state index is 12.6. The van der Waals surface area contributed by atoms with Gasteiger partial charge in [0.15, 0.2) is 0 Å². The number of rotatable bonds is 5. The van der Waals surface area contributed by atoms with Gasteiger partial charge in [-0.3, -0.25) is 14.5 Å². The first-order valence-electron chi connectivity index (χ1n) is 9.29. The Morgan fingerprint density at radius 1 is 1.19 bits per heavy atom. The highest BCUT2D eigenvalue weighted by Gasteiger charge is 2.46. The lowest BCUT2D eigenvalue weighted by Gasteiger charge is -2.49. The predicted octanol–water partition coefficient (Wildman–Crippen LogP) is 1.29. The molecule has 144 valence electrons. The zero-order chi connectivity index (χ0) is 19.4. The summed E-state index contributed by atoms with van der Waals surface area (Å²) in [5.74, 6) is -0.0368. The monoisotopic (exact) mass is 369 g/mol. The molecule has 1 fully saturated rings. The van der Waals surface area contributed by atoms with Crippen molar-refractivity contribution >= 4 is 5.91 Å². The van der Waals surface area contributed by atoms with Crippen molar-refractivity contribution < 1.29 is 9.90 Å². The van der Waals surface area contributed by atoms with Crippen LogP contribution in [0.15, 0.2) is 59.5 Å². The lowest BCUT2D eigenvalue weighted by atomic mass is 9.77. The number of benzene rings is 1. The van der Waals surface area contributed by atoms with E-state index in [1.54, 1.807) is 23.2 Å². The number of carbonyl (C=O) groups is 1. The van der Waals surface area contributed by atoms with Crippen LogP contribution in [0.5, 0.6) is 0 Å². The Morgan fingerprint density at radius 3 is 2.52 bits per heavy atom. The standard InChI is InChI=1S/C21H27N3O3/c1-22(2)21(17-8-4-3-5-9-17)12-15-24(16-18(21)25)20(27)11-14-23-13-7-6-10-19(23)26/h3-10,13,18,25H,11-12,14-16H2,1-2H3/t18-,21+/m1/s1. The van der Waals surface area contributed by atoms with Crippen molar-refractivity contribution in [3.63, 3.8) is 0 Å². The molecule has 2 atom stereocenters. The number of likely N-dealkylation sites (N-methyl/N-ethyl adjacent to an activating group) is 1. The lowest BCUT2D eigenvalue weighted by Crippen LogP contribution is -2.60. The maximum absolute atomic E-state index is 12.6. The van der Waals surface area contributed by atoms with E-state index in [4.69, 9.17) is 0 Å². The molecular formula is C21H27N3O3. The number of pyridine rings is 1. The minimum atomic E-state index is -0.688. The summed E-state index contributed by atoms with van der Waals surface area (Å²) >= 11 is 0. The Hall–Kier alpha value is -2.44. The van der Waals surface area contributed by atoms with Gasteiger partial charge in [-0.2, -0.15) is 0 Å². The van der Waals surface area contributed by atoms with Gasteiger partial charge in [-0.1, -0.05) is 36.4 Å². The van der Waals surface area contributed by atoms with Crippen molar-refractivity contribution in [2.45, 2.75) is 31.0 Å². The van der Waals surface area contributed by atoms with Gasteiger partial charge in [0.1, 0.15) is 0 Å². The molecule has 0 bridgehead atoms. The largest absolute Gasteiger partial charge is 0.389 e. The number of aliphatic hydroxyl groups excluding tert-OH is 1. The van der Waals surface area contributed by atoms with Crippen LogP contribution < -0.4 is 5.56 Å². The third-order valence-corrected chi connectivity index (χ3v) is 5.60. The summed E-state index contributed by atoms with van der Waals surface area (Å²) in [6, 6.07) is 14.9. The van der Waals surface area contributed by atoms with Gasteiger partial charge in [-0.05, 0) is 32.1 Å². The van der Waals surface area contributed by atoms with E-state index in [-0.39, 0.29) is 24.4 Å². The van der Waals surface area contributed by atoms with Gasteiger partial charge in [0.2, 0.25) is 5.91 Å². The predicted molar refractivity (Wildman–Crippen MR) is 104 cm³/mol. The Bertz CT molecular complexity index is 834. The highest BCUT2D eigenvalue weighted by Crippen LogP contribution is 2.37. The van der Waals surface area contributed by atoms with E-state index in [0.29, 0.717) is 19.5 Å². The molecule has 6 heteroatoms. The molecule has 1 amide bonds. The Balaban J connectivity index is 1.69. The van der Waals surface area contributed by atoms with Crippen molar-refractivity contribution in [3.05, 3.63) is 70.6 Å². The number of aromatic nitrogens is 1. The Morgan fingerprint density at radius 2 is 1.89 bits per heavy atom. The molecule has 1 aliphatic rings. The van der Waals surface area contributed by atoms with Crippen LogP contribution in [0, 0.1) is 0 Å².